The van der Waals surface area contributed by atoms with Gasteiger partial charge in [0.15, 0.2) is 0 Å². The molecule has 2 unspecified atom stereocenters. The molecule has 0 amide bonds. The summed E-state index contributed by atoms with van der Waals surface area (Å²) in [5.74, 6) is 0. The molecule has 0 bridgehead atoms. The van der Waals surface area contributed by atoms with E-state index in [2.05, 4.69) is 29.0 Å². The second kappa shape index (κ2) is 7.46. The number of likely N-dealkylation sites (tertiary alicyclic amines) is 2. The van der Waals surface area contributed by atoms with Crippen LogP contribution in [0.3, 0.4) is 0 Å². The first-order valence-electron chi connectivity index (χ1n) is 8.00. The molecule has 0 spiro atoms. The van der Waals surface area contributed by atoms with E-state index in [1.807, 2.05) is 0 Å². The van der Waals surface area contributed by atoms with E-state index in [1.54, 1.807) is 0 Å². The van der Waals surface area contributed by atoms with Crippen LogP contribution >= 0.6 is 0 Å². The molecular weight excluding hydrogens is 222 g/mol. The Kier molecular flexibility index (Phi) is 5.93. The van der Waals surface area contributed by atoms with E-state index in [4.69, 9.17) is 0 Å². The van der Waals surface area contributed by atoms with Crippen molar-refractivity contribution in [2.24, 2.45) is 0 Å². The average molecular weight is 253 g/mol. The minimum atomic E-state index is 0.774. The molecule has 0 aromatic rings. The van der Waals surface area contributed by atoms with Gasteiger partial charge in [-0.15, -0.1) is 0 Å². The largest absolute Gasteiger partial charge is 0.317 e. The maximum Gasteiger partial charge on any atom is 0.0235 e. The summed E-state index contributed by atoms with van der Waals surface area (Å²) in [5, 5.41) is 3.42. The molecule has 0 aromatic heterocycles. The second-order valence-corrected chi connectivity index (χ2v) is 6.03. The zero-order valence-electron chi connectivity index (χ0n) is 12.3. The molecule has 106 valence electrons. The first kappa shape index (κ1) is 14.3. The summed E-state index contributed by atoms with van der Waals surface area (Å²) >= 11 is 0. The minimum absolute atomic E-state index is 0.774. The van der Waals surface area contributed by atoms with Crippen LogP contribution in [0, 0.1) is 0 Å². The first-order valence-corrected chi connectivity index (χ1v) is 8.00. The topological polar surface area (TPSA) is 18.5 Å². The average Bonchev–Trinajstić information content (AvgIpc) is 3.03. The molecule has 2 atom stereocenters. The third-order valence-corrected chi connectivity index (χ3v) is 4.70. The van der Waals surface area contributed by atoms with Gasteiger partial charge in [0.05, 0.1) is 0 Å². The normalized spacial score (nSPS) is 28.0. The van der Waals surface area contributed by atoms with Crippen molar-refractivity contribution in [1.82, 2.24) is 15.1 Å². The lowest BCUT2D eigenvalue weighted by atomic mass is 10.1. The van der Waals surface area contributed by atoms with Crippen molar-refractivity contribution < 1.29 is 0 Å². The third-order valence-electron chi connectivity index (χ3n) is 4.70. The van der Waals surface area contributed by atoms with Gasteiger partial charge in [-0.05, 0) is 65.2 Å². The van der Waals surface area contributed by atoms with Gasteiger partial charge in [-0.1, -0.05) is 6.92 Å². The first-order chi connectivity index (χ1) is 8.81. The lowest BCUT2D eigenvalue weighted by Crippen LogP contribution is -2.38. The highest BCUT2D eigenvalue weighted by atomic mass is 15.3. The lowest BCUT2D eigenvalue weighted by Gasteiger charge is -2.27. The van der Waals surface area contributed by atoms with Crippen LogP contribution in [0.25, 0.3) is 0 Å². The maximum absolute atomic E-state index is 3.42. The zero-order chi connectivity index (χ0) is 12.8. The zero-order valence-corrected chi connectivity index (χ0v) is 12.3. The smallest absolute Gasteiger partial charge is 0.0235 e. The monoisotopic (exact) mass is 253 g/mol. The fourth-order valence-electron chi connectivity index (χ4n) is 3.46. The van der Waals surface area contributed by atoms with Crippen LogP contribution < -0.4 is 5.32 Å². The van der Waals surface area contributed by atoms with Crippen LogP contribution in [0.1, 0.15) is 46.0 Å². The van der Waals surface area contributed by atoms with Gasteiger partial charge in [0.2, 0.25) is 0 Å². The maximum atomic E-state index is 3.42. The van der Waals surface area contributed by atoms with Gasteiger partial charge in [-0.2, -0.15) is 0 Å². The molecule has 3 nitrogen and oxygen atoms in total. The molecule has 1 N–H and O–H groups in total. The predicted octanol–water partition coefficient (Wildman–Crippen LogP) is 1.93. The molecule has 2 fully saturated rings. The summed E-state index contributed by atoms with van der Waals surface area (Å²) in [6.45, 7) is 12.2. The van der Waals surface area contributed by atoms with Gasteiger partial charge in [0.1, 0.15) is 0 Å². The van der Waals surface area contributed by atoms with Crippen LogP contribution in [0.5, 0.6) is 0 Å². The van der Waals surface area contributed by atoms with Crippen molar-refractivity contribution in [2.75, 3.05) is 39.3 Å². The highest BCUT2D eigenvalue weighted by Crippen LogP contribution is 2.22. The Balaban J connectivity index is 1.64. The van der Waals surface area contributed by atoms with Gasteiger partial charge in [-0.25, -0.2) is 0 Å². The number of nitrogens with zero attached hydrogens (tertiary/aromatic N) is 2. The minimum Gasteiger partial charge on any atom is -0.317 e. The summed E-state index contributed by atoms with van der Waals surface area (Å²) in [7, 11) is 0. The van der Waals surface area contributed by atoms with Crippen molar-refractivity contribution in [2.45, 2.75) is 58.0 Å². The molecule has 2 aliphatic rings. The van der Waals surface area contributed by atoms with Crippen molar-refractivity contribution >= 4 is 0 Å². The molecule has 2 aliphatic heterocycles. The summed E-state index contributed by atoms with van der Waals surface area (Å²) < 4.78 is 0. The standard InChI is InChI=1S/C15H31N3/c1-3-16-9-6-7-14(2)18-12-8-15(13-18)17-10-4-5-11-17/h14-16H,3-13H2,1-2H3. The molecule has 0 aliphatic carbocycles. The lowest BCUT2D eigenvalue weighted by molar-refractivity contribution is 0.200. The van der Waals surface area contributed by atoms with Crippen molar-refractivity contribution in [3.05, 3.63) is 0 Å². The number of hydrogen-bond acceptors (Lipinski definition) is 3. The van der Waals surface area contributed by atoms with Crippen molar-refractivity contribution in [1.29, 1.82) is 0 Å². The van der Waals surface area contributed by atoms with Crippen molar-refractivity contribution in [3.8, 4) is 0 Å². The van der Waals surface area contributed by atoms with E-state index in [0.29, 0.717) is 0 Å². The molecule has 0 saturated carbocycles. The van der Waals surface area contributed by atoms with Gasteiger partial charge in [0, 0.05) is 25.2 Å². The molecule has 0 radical (unpaired) electrons. The highest BCUT2D eigenvalue weighted by Gasteiger charge is 2.30. The molecule has 0 aromatic carbocycles. The van der Waals surface area contributed by atoms with Crippen LogP contribution in [0.4, 0.5) is 0 Å². The van der Waals surface area contributed by atoms with Crippen LogP contribution in [0.15, 0.2) is 0 Å². The van der Waals surface area contributed by atoms with E-state index >= 15 is 0 Å². The van der Waals surface area contributed by atoms with E-state index in [-0.39, 0.29) is 0 Å². The summed E-state index contributed by atoms with van der Waals surface area (Å²) in [6, 6.07) is 1.64. The Morgan fingerprint density at radius 1 is 1.22 bits per heavy atom. The van der Waals surface area contributed by atoms with Crippen LogP contribution in [-0.4, -0.2) is 61.2 Å². The Morgan fingerprint density at radius 2 is 2.00 bits per heavy atom. The fraction of sp³-hybridized carbons (Fsp3) is 1.00. The van der Waals surface area contributed by atoms with Crippen LogP contribution in [-0.2, 0) is 0 Å². The third kappa shape index (κ3) is 3.94. The number of hydrogen-bond donors (Lipinski definition) is 1. The van der Waals surface area contributed by atoms with E-state index < -0.39 is 0 Å². The van der Waals surface area contributed by atoms with Gasteiger partial charge < -0.3 is 5.32 Å². The second-order valence-electron chi connectivity index (χ2n) is 6.03. The Bertz CT molecular complexity index is 226. The van der Waals surface area contributed by atoms with E-state index in [0.717, 1.165) is 18.6 Å². The molecule has 2 rings (SSSR count). The van der Waals surface area contributed by atoms with Crippen molar-refractivity contribution in [3.63, 3.8) is 0 Å². The van der Waals surface area contributed by atoms with Gasteiger partial charge in [-0.3, -0.25) is 9.80 Å². The Morgan fingerprint density at radius 3 is 2.72 bits per heavy atom. The molecule has 2 saturated heterocycles. The molecule has 3 heteroatoms. The number of rotatable bonds is 7. The summed E-state index contributed by atoms with van der Waals surface area (Å²) in [5.41, 5.74) is 0. The molecule has 2 heterocycles. The SMILES string of the molecule is CCNCCCC(C)N1CCC(N2CCCC2)C1. The number of nitrogens with one attached hydrogen (secondary N) is 1. The highest BCUT2D eigenvalue weighted by molar-refractivity contribution is 4.87. The molecular formula is C15H31N3. The Labute approximate surface area is 113 Å². The van der Waals surface area contributed by atoms with Gasteiger partial charge >= 0.3 is 0 Å². The predicted molar refractivity (Wildman–Crippen MR) is 78.0 cm³/mol. The Hall–Kier alpha value is -0.120. The summed E-state index contributed by atoms with van der Waals surface area (Å²) in [4.78, 5) is 5.44. The quantitative estimate of drug-likeness (QED) is 0.700. The van der Waals surface area contributed by atoms with E-state index in [1.165, 1.54) is 64.8 Å². The fourth-order valence-corrected chi connectivity index (χ4v) is 3.46. The van der Waals surface area contributed by atoms with Gasteiger partial charge in [0.25, 0.3) is 0 Å². The molecule has 18 heavy (non-hydrogen) atoms. The van der Waals surface area contributed by atoms with E-state index in [9.17, 15) is 0 Å². The van der Waals surface area contributed by atoms with Crippen LogP contribution in [0.2, 0.25) is 0 Å². The summed E-state index contributed by atoms with van der Waals surface area (Å²) in [6.07, 6.45) is 6.92.